The average Bonchev–Trinajstić information content (AvgIpc) is 3.85. The zero-order valence-corrected chi connectivity index (χ0v) is 37.8. The molecule has 0 spiro atoms. The van der Waals surface area contributed by atoms with Crippen molar-refractivity contribution in [3.63, 3.8) is 0 Å². The number of likely N-dealkylation sites (tertiary alicyclic amines) is 1. The molecule has 0 aliphatic carbocycles. The highest BCUT2D eigenvalue weighted by atomic mass is 19.1. The van der Waals surface area contributed by atoms with Crippen LogP contribution in [0.5, 0.6) is 0 Å². The van der Waals surface area contributed by atoms with Gasteiger partial charge in [-0.15, -0.1) is 0 Å². The number of imide groups is 2. The molecule has 4 aliphatic rings. The van der Waals surface area contributed by atoms with Gasteiger partial charge >= 0.3 is 0 Å². The Morgan fingerprint density at radius 2 is 1.67 bits per heavy atom. The molecule has 1 unspecified atom stereocenters. The Morgan fingerprint density at radius 3 is 2.36 bits per heavy atom. The Hall–Kier alpha value is -6.59. The summed E-state index contributed by atoms with van der Waals surface area (Å²) in [7, 11) is 0. The number of hydrogen-bond acceptors (Lipinski definition) is 11. The van der Waals surface area contributed by atoms with E-state index < -0.39 is 35.5 Å². The quantitative estimate of drug-likeness (QED) is 0.145. The molecule has 0 radical (unpaired) electrons. The van der Waals surface area contributed by atoms with Crippen molar-refractivity contribution in [1.82, 2.24) is 45.1 Å². The van der Waals surface area contributed by atoms with Gasteiger partial charge in [0, 0.05) is 91.7 Å². The molecule has 9 rings (SSSR count). The number of halogens is 1. The lowest BCUT2D eigenvalue weighted by molar-refractivity contribution is -0.136. The first-order chi connectivity index (χ1) is 31.8. The van der Waals surface area contributed by atoms with Crippen LogP contribution in [-0.4, -0.2) is 115 Å². The van der Waals surface area contributed by atoms with E-state index in [0.717, 1.165) is 109 Å². The second-order valence-electron chi connectivity index (χ2n) is 18.2. The number of hydrogen-bond donors (Lipinski definition) is 3. The van der Waals surface area contributed by atoms with Gasteiger partial charge in [0.1, 0.15) is 17.7 Å². The molecule has 5 amide bonds. The summed E-state index contributed by atoms with van der Waals surface area (Å²) >= 11 is 0. The van der Waals surface area contributed by atoms with Crippen LogP contribution in [-0.2, 0) is 29.1 Å². The van der Waals surface area contributed by atoms with Crippen LogP contribution >= 0.6 is 0 Å². The van der Waals surface area contributed by atoms with Gasteiger partial charge in [-0.3, -0.25) is 53.5 Å². The Labute approximate surface area is 381 Å². The number of rotatable bonds is 12. The van der Waals surface area contributed by atoms with E-state index in [1.54, 1.807) is 12.3 Å². The zero-order chi connectivity index (χ0) is 46.4. The van der Waals surface area contributed by atoms with Crippen molar-refractivity contribution < 1.29 is 28.4 Å². The molecule has 3 fully saturated rings. The van der Waals surface area contributed by atoms with Crippen molar-refractivity contribution in [2.24, 2.45) is 0 Å². The Morgan fingerprint density at radius 1 is 0.894 bits per heavy atom. The fourth-order valence-corrected chi connectivity index (χ4v) is 10.1. The first-order valence-corrected chi connectivity index (χ1v) is 23.0. The molecule has 344 valence electrons. The molecule has 5 aromatic rings. The number of pyridine rings is 2. The molecule has 3 N–H and O–H groups in total. The van der Waals surface area contributed by atoms with Crippen molar-refractivity contribution in [3.05, 3.63) is 110 Å². The van der Waals surface area contributed by atoms with Crippen molar-refractivity contribution in [2.45, 2.75) is 97.4 Å². The maximum Gasteiger partial charge on any atom is 0.265 e. The smallest absolute Gasteiger partial charge is 0.265 e. The molecule has 0 bridgehead atoms. The third kappa shape index (κ3) is 8.52. The number of carbonyl (C=O) groups excluding carboxylic acids is 5. The lowest BCUT2D eigenvalue weighted by Crippen LogP contribution is -2.54. The van der Waals surface area contributed by atoms with Crippen molar-refractivity contribution >= 4 is 46.3 Å². The molecule has 0 saturated carbocycles. The summed E-state index contributed by atoms with van der Waals surface area (Å²) in [5, 5.41) is 10.6. The highest BCUT2D eigenvalue weighted by Gasteiger charge is 2.46. The van der Waals surface area contributed by atoms with Gasteiger partial charge in [0.05, 0.1) is 28.4 Å². The van der Waals surface area contributed by atoms with Gasteiger partial charge in [0.25, 0.3) is 23.3 Å². The van der Waals surface area contributed by atoms with E-state index in [9.17, 15) is 28.8 Å². The summed E-state index contributed by atoms with van der Waals surface area (Å²) < 4.78 is 17.8. The number of aromatic nitrogens is 4. The number of benzene rings is 2. The van der Waals surface area contributed by atoms with Gasteiger partial charge in [-0.1, -0.05) is 19.4 Å². The number of nitrogens with one attached hydrogen (secondary N) is 3. The molecule has 7 heterocycles. The maximum atomic E-state index is 15.9. The largest absolute Gasteiger partial charge is 0.354 e. The summed E-state index contributed by atoms with van der Waals surface area (Å²) in [6.07, 6.45) is 7.03. The van der Waals surface area contributed by atoms with Crippen LogP contribution in [0.2, 0.25) is 0 Å². The monoisotopic (exact) mass is 898 g/mol. The second-order valence-corrected chi connectivity index (χ2v) is 18.2. The normalized spacial score (nSPS) is 18.7. The van der Waals surface area contributed by atoms with Gasteiger partial charge in [0.15, 0.2) is 0 Å². The predicted octanol–water partition coefficient (Wildman–Crippen LogP) is 4.89. The van der Waals surface area contributed by atoms with Crippen LogP contribution in [0.3, 0.4) is 0 Å². The SMILES string of the molecule is CCCc1cc(C)[nH]c(=O)c1CNC(=O)c1cc(-c2ccc(N3CCN(C4CCN(Cc5ccc6c(c5F)C(=O)N(C5CCC(=O)NC5=O)C6=O)CC4)CC3)nc2)cc2c1cnn2C(C)C. The molecule has 66 heavy (non-hydrogen) atoms. The van der Waals surface area contributed by atoms with Crippen LogP contribution in [0.4, 0.5) is 10.2 Å². The standard InChI is InChI=1S/C49H55FN10O6/c1-5-6-30-21-29(4)54-46(63)37(30)25-52-45(62)36-22-33(23-40-38(36)26-53-60(40)28(2)3)31-8-11-41(51-24-31)58-19-17-57(18-20-58)34-13-15-56(16-14-34)27-32-7-9-35-43(44(32)50)49(66)59(48(35)65)39-10-12-42(61)55-47(39)64/h7-9,11,21-24,26,28,34,39H,5-6,10,12-20,25,27H2,1-4H3,(H,52,62)(H,54,63)(H,55,61,64). The average molecular weight is 899 g/mol. The number of nitrogens with zero attached hydrogens (tertiary/aromatic N) is 7. The molecule has 2 aromatic carbocycles. The minimum Gasteiger partial charge on any atom is -0.354 e. The van der Waals surface area contributed by atoms with Gasteiger partial charge in [-0.05, 0) is 107 Å². The van der Waals surface area contributed by atoms with E-state index in [-0.39, 0.29) is 48.0 Å². The highest BCUT2D eigenvalue weighted by Crippen LogP contribution is 2.33. The van der Waals surface area contributed by atoms with Crippen molar-refractivity contribution in [1.29, 1.82) is 0 Å². The fraction of sp³-hybridized carbons (Fsp3) is 0.429. The van der Waals surface area contributed by atoms with Crippen LogP contribution in [0, 0.1) is 12.7 Å². The zero-order valence-electron chi connectivity index (χ0n) is 37.8. The number of amides is 5. The number of piperazine rings is 1. The third-order valence-electron chi connectivity index (χ3n) is 13.6. The summed E-state index contributed by atoms with van der Waals surface area (Å²) in [6, 6.07) is 12.3. The summed E-state index contributed by atoms with van der Waals surface area (Å²) in [4.78, 5) is 93.0. The molecule has 16 nitrogen and oxygen atoms in total. The number of aromatic amines is 1. The third-order valence-corrected chi connectivity index (χ3v) is 13.6. The first-order valence-electron chi connectivity index (χ1n) is 23.0. The van der Waals surface area contributed by atoms with Crippen molar-refractivity contribution in [2.75, 3.05) is 44.2 Å². The molecular formula is C49H55FN10O6. The van der Waals surface area contributed by atoms with Gasteiger partial charge in [-0.2, -0.15) is 5.10 Å². The molecule has 3 saturated heterocycles. The molecular weight excluding hydrogens is 844 g/mol. The number of H-pyrrole nitrogens is 1. The summed E-state index contributed by atoms with van der Waals surface area (Å²) in [6.45, 7) is 13.3. The molecule has 4 aliphatic heterocycles. The number of aryl methyl sites for hydroxylation is 2. The van der Waals surface area contributed by atoms with E-state index >= 15 is 4.39 Å². The minimum atomic E-state index is -1.15. The Bertz CT molecular complexity index is 2800. The topological polar surface area (TPSA) is 186 Å². The Kier molecular flexibility index (Phi) is 12.4. The van der Waals surface area contributed by atoms with E-state index in [0.29, 0.717) is 29.3 Å². The van der Waals surface area contributed by atoms with Crippen molar-refractivity contribution in [3.8, 4) is 11.1 Å². The predicted molar refractivity (Wildman–Crippen MR) is 245 cm³/mol. The van der Waals surface area contributed by atoms with E-state index in [4.69, 9.17) is 4.98 Å². The van der Waals surface area contributed by atoms with E-state index in [1.165, 1.54) is 6.07 Å². The number of carbonyl (C=O) groups is 5. The van der Waals surface area contributed by atoms with Crippen LogP contribution < -0.4 is 21.1 Å². The van der Waals surface area contributed by atoms with Crippen LogP contribution in [0.15, 0.2) is 59.7 Å². The first kappa shape index (κ1) is 44.6. The summed E-state index contributed by atoms with van der Waals surface area (Å²) in [5.74, 6) is -2.90. The van der Waals surface area contributed by atoms with Crippen LogP contribution in [0.25, 0.3) is 22.0 Å². The number of piperidine rings is 2. The fourth-order valence-electron chi connectivity index (χ4n) is 10.1. The van der Waals surface area contributed by atoms with E-state index in [1.807, 2.05) is 48.1 Å². The van der Waals surface area contributed by atoms with Crippen LogP contribution in [0.1, 0.15) is 112 Å². The maximum absolute atomic E-state index is 15.9. The summed E-state index contributed by atoms with van der Waals surface area (Å²) in [5.41, 5.74) is 5.09. The van der Waals surface area contributed by atoms with Gasteiger partial charge < -0.3 is 15.2 Å². The Balaban J connectivity index is 0.811. The van der Waals surface area contributed by atoms with E-state index in [2.05, 4.69) is 56.2 Å². The molecule has 17 heteroatoms. The van der Waals surface area contributed by atoms with Gasteiger partial charge in [-0.25, -0.2) is 9.37 Å². The highest BCUT2D eigenvalue weighted by molar-refractivity contribution is 6.23. The lowest BCUT2D eigenvalue weighted by atomic mass is 10.00. The number of anilines is 1. The van der Waals surface area contributed by atoms with Gasteiger partial charge in [0.2, 0.25) is 11.8 Å². The second kappa shape index (κ2) is 18.4. The molecule has 1 atom stereocenters. The minimum absolute atomic E-state index is 0.00538. The number of fused-ring (bicyclic) bond motifs is 2. The molecule has 3 aromatic heterocycles. The lowest BCUT2D eigenvalue weighted by Gasteiger charge is -2.43.